The average Bonchev–Trinajstić information content (AvgIpc) is 1.94. The van der Waals surface area contributed by atoms with Crippen LogP contribution in [0.1, 0.15) is 40.0 Å². The second-order valence-electron chi connectivity index (χ2n) is 4.21. The Morgan fingerprint density at radius 2 is 1.91 bits per heavy atom. The molecule has 0 nitrogen and oxygen atoms in total. The van der Waals surface area contributed by atoms with Crippen molar-refractivity contribution in [1.29, 1.82) is 0 Å². The molecule has 1 aliphatic carbocycles. The molecule has 3 atom stereocenters. The molecule has 1 rings (SSSR count). The molecule has 0 aromatic carbocycles. The maximum Gasteiger partial charge on any atom is 0.0364 e. The molecule has 0 saturated heterocycles. The summed E-state index contributed by atoms with van der Waals surface area (Å²) in [6.07, 6.45) is 3.95. The Labute approximate surface area is 75.3 Å². The Kier molecular flexibility index (Phi) is 3.24. The SMILES string of the molecule is CC(C)C1CCCC(Cl)C1C. The summed E-state index contributed by atoms with van der Waals surface area (Å²) in [4.78, 5) is 0. The lowest BCUT2D eigenvalue weighted by Crippen LogP contribution is -2.29. The summed E-state index contributed by atoms with van der Waals surface area (Å²) in [6, 6.07) is 0. The standard InChI is InChI=1S/C10H19Cl/c1-7(2)9-5-4-6-10(11)8(9)3/h7-10H,4-6H2,1-3H3. The second kappa shape index (κ2) is 3.80. The summed E-state index contributed by atoms with van der Waals surface area (Å²) in [5, 5.41) is 0.441. The van der Waals surface area contributed by atoms with Gasteiger partial charge in [0.1, 0.15) is 0 Å². The molecule has 1 fully saturated rings. The first kappa shape index (κ1) is 9.38. The van der Waals surface area contributed by atoms with Crippen molar-refractivity contribution in [3.05, 3.63) is 0 Å². The first-order valence-corrected chi connectivity index (χ1v) is 5.20. The van der Waals surface area contributed by atoms with Crippen molar-refractivity contribution in [3.63, 3.8) is 0 Å². The molecule has 11 heavy (non-hydrogen) atoms. The molecule has 1 saturated carbocycles. The smallest absolute Gasteiger partial charge is 0.0364 e. The van der Waals surface area contributed by atoms with Gasteiger partial charge in [-0.3, -0.25) is 0 Å². The Morgan fingerprint density at radius 1 is 1.27 bits per heavy atom. The van der Waals surface area contributed by atoms with Crippen molar-refractivity contribution in [2.45, 2.75) is 45.4 Å². The average molecular weight is 175 g/mol. The van der Waals surface area contributed by atoms with Crippen molar-refractivity contribution >= 4 is 11.6 Å². The number of rotatable bonds is 1. The molecule has 0 radical (unpaired) electrons. The minimum absolute atomic E-state index is 0.441. The number of halogens is 1. The Balaban J connectivity index is 2.51. The quantitative estimate of drug-likeness (QED) is 0.532. The highest BCUT2D eigenvalue weighted by Crippen LogP contribution is 2.37. The van der Waals surface area contributed by atoms with E-state index < -0.39 is 0 Å². The van der Waals surface area contributed by atoms with E-state index in [4.69, 9.17) is 11.6 Å². The molecule has 0 aliphatic heterocycles. The number of alkyl halides is 1. The van der Waals surface area contributed by atoms with E-state index in [1.165, 1.54) is 19.3 Å². The van der Waals surface area contributed by atoms with Crippen LogP contribution in [0, 0.1) is 17.8 Å². The second-order valence-corrected chi connectivity index (χ2v) is 4.77. The van der Waals surface area contributed by atoms with Crippen molar-refractivity contribution in [3.8, 4) is 0 Å². The molecule has 0 aromatic rings. The Hall–Kier alpha value is 0.290. The molecule has 0 amide bonds. The van der Waals surface area contributed by atoms with Gasteiger partial charge in [0.05, 0.1) is 0 Å². The van der Waals surface area contributed by atoms with Crippen LogP contribution in [0.25, 0.3) is 0 Å². The maximum atomic E-state index is 6.21. The van der Waals surface area contributed by atoms with E-state index in [1.54, 1.807) is 0 Å². The van der Waals surface area contributed by atoms with Crippen molar-refractivity contribution in [2.75, 3.05) is 0 Å². The van der Waals surface area contributed by atoms with Crippen LogP contribution >= 0.6 is 11.6 Å². The molecule has 0 N–H and O–H groups in total. The first-order valence-electron chi connectivity index (χ1n) is 4.77. The zero-order chi connectivity index (χ0) is 8.43. The third kappa shape index (κ3) is 2.11. The highest BCUT2D eigenvalue weighted by atomic mass is 35.5. The van der Waals surface area contributed by atoms with Crippen molar-refractivity contribution in [2.24, 2.45) is 17.8 Å². The normalized spacial score (nSPS) is 39.5. The fourth-order valence-corrected chi connectivity index (χ4v) is 2.62. The molecule has 3 unspecified atom stereocenters. The van der Waals surface area contributed by atoms with Crippen LogP contribution in [0.3, 0.4) is 0 Å². The molecular formula is C10H19Cl. The number of hydrogen-bond acceptors (Lipinski definition) is 0. The van der Waals surface area contributed by atoms with Gasteiger partial charge in [-0.25, -0.2) is 0 Å². The van der Waals surface area contributed by atoms with Gasteiger partial charge in [-0.15, -0.1) is 11.6 Å². The first-order chi connectivity index (χ1) is 5.13. The van der Waals surface area contributed by atoms with Crippen LogP contribution in [-0.4, -0.2) is 5.38 Å². The molecule has 1 heteroatoms. The fourth-order valence-electron chi connectivity index (χ4n) is 2.28. The third-order valence-corrected chi connectivity index (χ3v) is 3.74. The van der Waals surface area contributed by atoms with E-state index in [2.05, 4.69) is 20.8 Å². The molecule has 1 aliphatic rings. The highest BCUT2D eigenvalue weighted by Gasteiger charge is 2.29. The fraction of sp³-hybridized carbons (Fsp3) is 1.00. The van der Waals surface area contributed by atoms with E-state index in [9.17, 15) is 0 Å². The Morgan fingerprint density at radius 3 is 2.36 bits per heavy atom. The molecule has 0 aromatic heterocycles. The minimum atomic E-state index is 0.441. The van der Waals surface area contributed by atoms with Gasteiger partial charge in [0.2, 0.25) is 0 Å². The van der Waals surface area contributed by atoms with E-state index in [-0.39, 0.29) is 0 Å². The van der Waals surface area contributed by atoms with E-state index in [0.717, 1.165) is 17.8 Å². The van der Waals surface area contributed by atoms with Gasteiger partial charge in [0.15, 0.2) is 0 Å². The van der Waals surface area contributed by atoms with Crippen LogP contribution in [0.15, 0.2) is 0 Å². The summed E-state index contributed by atoms with van der Waals surface area (Å²) in [5.74, 6) is 2.41. The highest BCUT2D eigenvalue weighted by molar-refractivity contribution is 6.20. The zero-order valence-corrected chi connectivity index (χ0v) is 8.56. The van der Waals surface area contributed by atoms with E-state index in [0.29, 0.717) is 5.38 Å². The van der Waals surface area contributed by atoms with Gasteiger partial charge in [0.25, 0.3) is 0 Å². The van der Waals surface area contributed by atoms with Crippen LogP contribution in [0.2, 0.25) is 0 Å². The molecule has 0 spiro atoms. The van der Waals surface area contributed by atoms with Gasteiger partial charge in [-0.1, -0.05) is 27.2 Å². The number of hydrogen-bond donors (Lipinski definition) is 0. The largest absolute Gasteiger partial charge is 0.123 e. The van der Waals surface area contributed by atoms with Gasteiger partial charge in [0, 0.05) is 5.38 Å². The van der Waals surface area contributed by atoms with Crippen LogP contribution in [0.5, 0.6) is 0 Å². The summed E-state index contributed by atoms with van der Waals surface area (Å²) in [5.41, 5.74) is 0. The van der Waals surface area contributed by atoms with Gasteiger partial charge < -0.3 is 0 Å². The lowest BCUT2D eigenvalue weighted by Gasteiger charge is -2.35. The van der Waals surface area contributed by atoms with Crippen LogP contribution < -0.4 is 0 Å². The van der Waals surface area contributed by atoms with Crippen LogP contribution in [0.4, 0.5) is 0 Å². The third-order valence-electron chi connectivity index (χ3n) is 3.12. The van der Waals surface area contributed by atoms with Gasteiger partial charge in [-0.2, -0.15) is 0 Å². The topological polar surface area (TPSA) is 0 Å². The van der Waals surface area contributed by atoms with E-state index >= 15 is 0 Å². The van der Waals surface area contributed by atoms with Crippen LogP contribution in [-0.2, 0) is 0 Å². The van der Waals surface area contributed by atoms with Crippen molar-refractivity contribution in [1.82, 2.24) is 0 Å². The lowest BCUT2D eigenvalue weighted by atomic mass is 9.74. The monoisotopic (exact) mass is 174 g/mol. The maximum absolute atomic E-state index is 6.21. The van der Waals surface area contributed by atoms with E-state index in [1.807, 2.05) is 0 Å². The zero-order valence-electron chi connectivity index (χ0n) is 7.81. The van der Waals surface area contributed by atoms with Gasteiger partial charge >= 0.3 is 0 Å². The lowest BCUT2D eigenvalue weighted by molar-refractivity contribution is 0.200. The van der Waals surface area contributed by atoms with Crippen molar-refractivity contribution < 1.29 is 0 Å². The predicted octanol–water partition coefficient (Wildman–Crippen LogP) is 3.69. The summed E-state index contributed by atoms with van der Waals surface area (Å²) >= 11 is 6.21. The molecule has 66 valence electrons. The summed E-state index contributed by atoms with van der Waals surface area (Å²) < 4.78 is 0. The predicted molar refractivity (Wildman–Crippen MR) is 51.0 cm³/mol. The molecule has 0 heterocycles. The minimum Gasteiger partial charge on any atom is -0.123 e. The summed E-state index contributed by atoms with van der Waals surface area (Å²) in [6.45, 7) is 6.94. The Bertz CT molecular complexity index is 120. The molecular weight excluding hydrogens is 156 g/mol. The molecule has 0 bridgehead atoms. The van der Waals surface area contributed by atoms with Gasteiger partial charge in [-0.05, 0) is 30.6 Å². The summed E-state index contributed by atoms with van der Waals surface area (Å²) in [7, 11) is 0.